The van der Waals surface area contributed by atoms with Gasteiger partial charge < -0.3 is 14.7 Å². The summed E-state index contributed by atoms with van der Waals surface area (Å²) in [6.07, 6.45) is 1.40. The number of aromatic nitrogens is 2. The molecule has 36 heavy (non-hydrogen) atoms. The van der Waals surface area contributed by atoms with Gasteiger partial charge in [-0.15, -0.1) is 0 Å². The van der Waals surface area contributed by atoms with Crippen LogP contribution in [0.3, 0.4) is 0 Å². The van der Waals surface area contributed by atoms with Gasteiger partial charge in [-0.3, -0.25) is 9.59 Å². The maximum absolute atomic E-state index is 13.1. The Labute approximate surface area is 207 Å². The Kier molecular flexibility index (Phi) is 6.58. The maximum atomic E-state index is 13.1. The van der Waals surface area contributed by atoms with Crippen LogP contribution in [0.25, 0.3) is 11.4 Å². The standard InChI is InChI=1S/C28H25FN4O3/c1-18-2-12-24(13-3-18)30-26(34)20-6-4-19(5-7-20)25-31-27(36-32-25)21-14-16-33(17-15-21)28(35)22-8-10-23(29)11-9-22/h2-13,21H,14-17H2,1H3,(H,30,34). The Balaban J connectivity index is 1.19. The lowest BCUT2D eigenvalue weighted by Crippen LogP contribution is -2.38. The van der Waals surface area contributed by atoms with Crippen LogP contribution in [0.1, 0.15) is 50.9 Å². The normalized spacial score (nSPS) is 14.0. The lowest BCUT2D eigenvalue weighted by Gasteiger charge is -2.30. The van der Waals surface area contributed by atoms with Crippen LogP contribution in [0, 0.1) is 12.7 Å². The van der Waals surface area contributed by atoms with E-state index in [1.165, 1.54) is 24.3 Å². The minimum atomic E-state index is -0.363. The fourth-order valence-electron chi connectivity index (χ4n) is 4.23. The summed E-state index contributed by atoms with van der Waals surface area (Å²) in [5, 5.41) is 7.00. The van der Waals surface area contributed by atoms with Gasteiger partial charge in [0.15, 0.2) is 0 Å². The highest BCUT2D eigenvalue weighted by molar-refractivity contribution is 6.04. The second-order valence-electron chi connectivity index (χ2n) is 8.93. The Morgan fingerprint density at radius 3 is 2.22 bits per heavy atom. The first-order valence-electron chi connectivity index (χ1n) is 11.8. The van der Waals surface area contributed by atoms with Gasteiger partial charge in [0.25, 0.3) is 11.8 Å². The average Bonchev–Trinajstić information content (AvgIpc) is 3.41. The molecular formula is C28H25FN4O3. The highest BCUT2D eigenvalue weighted by atomic mass is 19.1. The number of amides is 2. The van der Waals surface area contributed by atoms with Gasteiger partial charge in [0.1, 0.15) is 5.82 Å². The number of piperidine rings is 1. The van der Waals surface area contributed by atoms with Crippen LogP contribution in [0.2, 0.25) is 0 Å². The molecule has 2 amide bonds. The van der Waals surface area contributed by atoms with Crippen LogP contribution in [-0.4, -0.2) is 39.9 Å². The van der Waals surface area contributed by atoms with Crippen LogP contribution >= 0.6 is 0 Å². The molecule has 0 unspecified atom stereocenters. The Hall–Kier alpha value is -4.33. The van der Waals surface area contributed by atoms with Gasteiger partial charge in [-0.1, -0.05) is 35.0 Å². The van der Waals surface area contributed by atoms with E-state index in [2.05, 4.69) is 15.5 Å². The largest absolute Gasteiger partial charge is 0.339 e. The number of anilines is 1. The third-order valence-electron chi connectivity index (χ3n) is 6.38. The van der Waals surface area contributed by atoms with Gasteiger partial charge in [-0.25, -0.2) is 4.39 Å². The monoisotopic (exact) mass is 484 g/mol. The Bertz CT molecular complexity index is 1360. The predicted octanol–water partition coefficient (Wildman–Crippen LogP) is 5.46. The van der Waals surface area contributed by atoms with E-state index in [1.54, 1.807) is 29.2 Å². The van der Waals surface area contributed by atoms with E-state index in [0.717, 1.165) is 16.8 Å². The molecule has 1 saturated heterocycles. The van der Waals surface area contributed by atoms with Crippen molar-refractivity contribution in [2.24, 2.45) is 0 Å². The van der Waals surface area contributed by atoms with E-state index in [4.69, 9.17) is 4.52 Å². The third kappa shape index (κ3) is 5.17. The lowest BCUT2D eigenvalue weighted by atomic mass is 9.96. The summed E-state index contributed by atoms with van der Waals surface area (Å²) in [5.41, 5.74) is 3.62. The van der Waals surface area contributed by atoms with Gasteiger partial charge in [0.2, 0.25) is 11.7 Å². The van der Waals surface area contributed by atoms with Gasteiger partial charge in [-0.2, -0.15) is 4.98 Å². The first-order valence-corrected chi connectivity index (χ1v) is 11.8. The fourth-order valence-corrected chi connectivity index (χ4v) is 4.23. The number of hydrogen-bond acceptors (Lipinski definition) is 5. The van der Waals surface area contributed by atoms with Gasteiger partial charge in [0, 0.05) is 41.4 Å². The molecule has 0 atom stereocenters. The van der Waals surface area contributed by atoms with Crippen molar-refractivity contribution in [2.75, 3.05) is 18.4 Å². The molecule has 7 nitrogen and oxygen atoms in total. The van der Waals surface area contributed by atoms with E-state index in [9.17, 15) is 14.0 Å². The van der Waals surface area contributed by atoms with Crippen LogP contribution in [-0.2, 0) is 0 Å². The van der Waals surface area contributed by atoms with Gasteiger partial charge in [0.05, 0.1) is 0 Å². The molecule has 3 aromatic carbocycles. The smallest absolute Gasteiger partial charge is 0.255 e. The first kappa shape index (κ1) is 23.4. The average molecular weight is 485 g/mol. The molecule has 4 aromatic rings. The molecule has 8 heteroatoms. The Morgan fingerprint density at radius 1 is 0.917 bits per heavy atom. The number of hydrogen-bond donors (Lipinski definition) is 1. The van der Waals surface area contributed by atoms with Crippen molar-refractivity contribution in [3.8, 4) is 11.4 Å². The van der Waals surface area contributed by atoms with Crippen molar-refractivity contribution >= 4 is 17.5 Å². The number of halogens is 1. The van der Waals surface area contributed by atoms with E-state index >= 15 is 0 Å². The predicted molar refractivity (Wildman–Crippen MR) is 133 cm³/mol. The van der Waals surface area contributed by atoms with E-state index < -0.39 is 0 Å². The second-order valence-corrected chi connectivity index (χ2v) is 8.93. The van der Waals surface area contributed by atoms with E-state index in [-0.39, 0.29) is 23.5 Å². The number of carbonyl (C=O) groups excluding carboxylic acids is 2. The van der Waals surface area contributed by atoms with Crippen LogP contribution < -0.4 is 5.32 Å². The summed E-state index contributed by atoms with van der Waals surface area (Å²) in [4.78, 5) is 31.5. The van der Waals surface area contributed by atoms with Crippen LogP contribution in [0.5, 0.6) is 0 Å². The SMILES string of the molecule is Cc1ccc(NC(=O)c2ccc(-c3noc(C4CCN(C(=O)c5ccc(F)cc5)CC4)n3)cc2)cc1. The van der Waals surface area contributed by atoms with Gasteiger partial charge in [-0.05, 0) is 68.3 Å². The highest BCUT2D eigenvalue weighted by Crippen LogP contribution is 2.29. The third-order valence-corrected chi connectivity index (χ3v) is 6.38. The van der Waals surface area contributed by atoms with Crippen molar-refractivity contribution in [1.82, 2.24) is 15.0 Å². The minimum Gasteiger partial charge on any atom is -0.339 e. The van der Waals surface area contributed by atoms with Crippen LogP contribution in [0.4, 0.5) is 10.1 Å². The topological polar surface area (TPSA) is 88.3 Å². The number of rotatable bonds is 5. The molecule has 0 radical (unpaired) electrons. The summed E-state index contributed by atoms with van der Waals surface area (Å²) in [7, 11) is 0. The van der Waals surface area contributed by atoms with Crippen molar-refractivity contribution in [3.05, 3.63) is 101 Å². The molecule has 2 heterocycles. The number of aryl methyl sites for hydroxylation is 1. The number of nitrogens with one attached hydrogen (secondary N) is 1. The van der Waals surface area contributed by atoms with E-state index in [0.29, 0.717) is 48.8 Å². The molecule has 182 valence electrons. The number of likely N-dealkylation sites (tertiary alicyclic amines) is 1. The number of benzene rings is 3. The molecule has 0 saturated carbocycles. The number of nitrogens with zero attached hydrogens (tertiary/aromatic N) is 3. The lowest BCUT2D eigenvalue weighted by molar-refractivity contribution is 0.0704. The second kappa shape index (κ2) is 10.1. The van der Waals surface area contributed by atoms with Crippen molar-refractivity contribution in [1.29, 1.82) is 0 Å². The van der Waals surface area contributed by atoms with Crippen molar-refractivity contribution in [3.63, 3.8) is 0 Å². The zero-order valence-corrected chi connectivity index (χ0v) is 19.8. The first-order chi connectivity index (χ1) is 17.5. The van der Waals surface area contributed by atoms with Crippen LogP contribution in [0.15, 0.2) is 77.3 Å². The summed E-state index contributed by atoms with van der Waals surface area (Å²) in [6, 6.07) is 20.3. The van der Waals surface area contributed by atoms with Gasteiger partial charge >= 0.3 is 0 Å². The Morgan fingerprint density at radius 2 is 1.56 bits per heavy atom. The molecule has 0 aliphatic carbocycles. The summed E-state index contributed by atoms with van der Waals surface area (Å²) >= 11 is 0. The molecule has 1 aliphatic heterocycles. The molecule has 1 aliphatic rings. The fraction of sp³-hybridized carbons (Fsp3) is 0.214. The molecular weight excluding hydrogens is 459 g/mol. The van der Waals surface area contributed by atoms with E-state index in [1.807, 2.05) is 31.2 Å². The zero-order valence-electron chi connectivity index (χ0n) is 19.8. The molecule has 1 fully saturated rings. The maximum Gasteiger partial charge on any atom is 0.255 e. The number of carbonyl (C=O) groups is 2. The zero-order chi connectivity index (χ0) is 25.1. The highest BCUT2D eigenvalue weighted by Gasteiger charge is 2.28. The minimum absolute atomic E-state index is 0.0584. The summed E-state index contributed by atoms with van der Waals surface area (Å²) in [5.74, 6) is 0.397. The van der Waals surface area contributed by atoms with Crippen molar-refractivity contribution in [2.45, 2.75) is 25.7 Å². The quantitative estimate of drug-likeness (QED) is 0.407. The molecule has 5 rings (SSSR count). The van der Waals surface area contributed by atoms with Crippen molar-refractivity contribution < 1.29 is 18.5 Å². The molecule has 1 N–H and O–H groups in total. The molecule has 0 bridgehead atoms. The molecule has 1 aromatic heterocycles. The summed E-state index contributed by atoms with van der Waals surface area (Å²) < 4.78 is 18.7. The summed E-state index contributed by atoms with van der Waals surface area (Å²) in [6.45, 7) is 3.11. The molecule has 0 spiro atoms.